The Labute approximate surface area is 173 Å². The molecule has 0 saturated carbocycles. The molecule has 29 heavy (non-hydrogen) atoms. The van der Waals surface area contributed by atoms with Crippen molar-refractivity contribution in [1.82, 2.24) is 20.4 Å². The van der Waals surface area contributed by atoms with Gasteiger partial charge in [-0.05, 0) is 25.5 Å². The molecule has 1 saturated heterocycles. The lowest BCUT2D eigenvalue weighted by molar-refractivity contribution is 0.129. The molecule has 0 spiro atoms. The maximum Gasteiger partial charge on any atom is 0.226 e. The summed E-state index contributed by atoms with van der Waals surface area (Å²) in [6.45, 7) is 9.73. The monoisotopic (exact) mass is 399 g/mol. The lowest BCUT2D eigenvalue weighted by Gasteiger charge is -2.34. The van der Waals surface area contributed by atoms with Crippen LogP contribution in [0.15, 0.2) is 39.8 Å². The molecule has 1 fully saturated rings. The zero-order valence-corrected chi connectivity index (χ0v) is 17.8. The third-order valence-corrected chi connectivity index (χ3v) is 4.93. The number of ether oxygens (including phenoxy) is 1. The number of likely N-dealkylation sites (tertiary alicyclic amines) is 1. The molecule has 0 amide bonds. The van der Waals surface area contributed by atoms with Crippen LogP contribution in [0.25, 0.3) is 0 Å². The molecule has 0 radical (unpaired) electrons. The van der Waals surface area contributed by atoms with E-state index in [0.717, 1.165) is 69.4 Å². The summed E-state index contributed by atoms with van der Waals surface area (Å²) in [6.07, 6.45) is 3.92. The molecule has 2 heterocycles. The largest absolute Gasteiger partial charge is 0.490 e. The van der Waals surface area contributed by atoms with Gasteiger partial charge in [-0.3, -0.25) is 4.99 Å². The van der Waals surface area contributed by atoms with Crippen molar-refractivity contribution in [3.8, 4) is 5.75 Å². The van der Waals surface area contributed by atoms with Gasteiger partial charge in [0.1, 0.15) is 11.9 Å². The van der Waals surface area contributed by atoms with E-state index < -0.39 is 0 Å². The van der Waals surface area contributed by atoms with Gasteiger partial charge < -0.3 is 19.5 Å². The summed E-state index contributed by atoms with van der Waals surface area (Å²) < 4.78 is 11.4. The number of guanidine groups is 1. The number of nitrogens with one attached hydrogen (secondary N) is 1. The van der Waals surface area contributed by atoms with Gasteiger partial charge in [-0.1, -0.05) is 37.2 Å². The molecule has 7 nitrogen and oxygen atoms in total. The standard InChI is InChI=1S/C22H33N5O2/c1-4-23-22(24-14-8-11-20-25-21(17(2)3)26-29-20)27-15-12-19(13-16-27)28-18-9-6-5-7-10-18/h5-7,9-10,17,19H,4,8,11-16H2,1-3H3,(H,23,24). The quantitative estimate of drug-likeness (QED) is 0.415. The average Bonchev–Trinajstić information content (AvgIpc) is 3.21. The van der Waals surface area contributed by atoms with Gasteiger partial charge in [-0.25, -0.2) is 0 Å². The highest BCUT2D eigenvalue weighted by molar-refractivity contribution is 5.80. The van der Waals surface area contributed by atoms with Crippen LogP contribution < -0.4 is 10.1 Å². The Balaban J connectivity index is 1.45. The van der Waals surface area contributed by atoms with Crippen LogP contribution in [0.3, 0.4) is 0 Å². The Bertz CT molecular complexity index is 752. The van der Waals surface area contributed by atoms with Crippen molar-refractivity contribution in [3.63, 3.8) is 0 Å². The molecule has 3 rings (SSSR count). The summed E-state index contributed by atoms with van der Waals surface area (Å²) >= 11 is 0. The Hall–Kier alpha value is -2.57. The third kappa shape index (κ3) is 6.48. The molecule has 1 aromatic carbocycles. The number of rotatable bonds is 8. The van der Waals surface area contributed by atoms with Gasteiger partial charge in [0.15, 0.2) is 11.8 Å². The van der Waals surface area contributed by atoms with Gasteiger partial charge in [0.05, 0.1) is 0 Å². The second-order valence-corrected chi connectivity index (χ2v) is 7.66. The van der Waals surface area contributed by atoms with Crippen LogP contribution in [0, 0.1) is 0 Å². The highest BCUT2D eigenvalue weighted by Crippen LogP contribution is 2.18. The zero-order valence-electron chi connectivity index (χ0n) is 17.8. The molecule has 2 aromatic rings. The van der Waals surface area contributed by atoms with Crippen molar-refractivity contribution in [1.29, 1.82) is 0 Å². The molecule has 0 aliphatic carbocycles. The number of hydrogen-bond acceptors (Lipinski definition) is 5. The number of aromatic nitrogens is 2. The van der Waals surface area contributed by atoms with E-state index in [-0.39, 0.29) is 6.10 Å². The molecular weight excluding hydrogens is 366 g/mol. The first-order valence-electron chi connectivity index (χ1n) is 10.7. The van der Waals surface area contributed by atoms with E-state index in [0.29, 0.717) is 11.8 Å². The predicted octanol–water partition coefficient (Wildman–Crippen LogP) is 3.63. The fourth-order valence-corrected chi connectivity index (χ4v) is 3.32. The molecule has 0 atom stereocenters. The van der Waals surface area contributed by atoms with Crippen molar-refractivity contribution < 1.29 is 9.26 Å². The number of benzene rings is 1. The lowest BCUT2D eigenvalue weighted by Crippen LogP contribution is -2.47. The minimum atomic E-state index is 0.268. The SMILES string of the molecule is CCNC(=NCCCc1nc(C(C)C)no1)N1CCC(Oc2ccccc2)CC1. The fourth-order valence-electron chi connectivity index (χ4n) is 3.32. The van der Waals surface area contributed by atoms with E-state index in [2.05, 4.69) is 41.1 Å². The minimum Gasteiger partial charge on any atom is -0.490 e. The second kappa shape index (κ2) is 10.8. The highest BCUT2D eigenvalue weighted by Gasteiger charge is 2.22. The predicted molar refractivity (Wildman–Crippen MR) is 114 cm³/mol. The number of para-hydroxylation sites is 1. The van der Waals surface area contributed by atoms with E-state index in [9.17, 15) is 0 Å². The van der Waals surface area contributed by atoms with Gasteiger partial charge in [0, 0.05) is 51.4 Å². The Morgan fingerprint density at radius 1 is 1.28 bits per heavy atom. The van der Waals surface area contributed by atoms with Gasteiger partial charge in [0.2, 0.25) is 5.89 Å². The summed E-state index contributed by atoms with van der Waals surface area (Å²) in [5, 5.41) is 7.43. The van der Waals surface area contributed by atoms with Crippen LogP contribution in [0.5, 0.6) is 5.75 Å². The van der Waals surface area contributed by atoms with Gasteiger partial charge in [-0.2, -0.15) is 4.98 Å². The topological polar surface area (TPSA) is 75.8 Å². The molecule has 1 aliphatic rings. The van der Waals surface area contributed by atoms with Crippen molar-refractivity contribution >= 4 is 5.96 Å². The maximum absolute atomic E-state index is 6.10. The lowest BCUT2D eigenvalue weighted by atomic mass is 10.1. The van der Waals surface area contributed by atoms with Gasteiger partial charge >= 0.3 is 0 Å². The van der Waals surface area contributed by atoms with E-state index in [1.807, 2.05) is 30.3 Å². The van der Waals surface area contributed by atoms with E-state index >= 15 is 0 Å². The highest BCUT2D eigenvalue weighted by atomic mass is 16.5. The number of aryl methyl sites for hydroxylation is 1. The molecule has 7 heteroatoms. The van der Waals surface area contributed by atoms with Gasteiger partial charge in [-0.15, -0.1) is 0 Å². The zero-order chi connectivity index (χ0) is 20.5. The average molecular weight is 400 g/mol. The first-order chi connectivity index (χ1) is 14.2. The Morgan fingerprint density at radius 2 is 2.03 bits per heavy atom. The van der Waals surface area contributed by atoms with Crippen molar-refractivity contribution in [2.24, 2.45) is 4.99 Å². The molecule has 158 valence electrons. The number of piperidine rings is 1. The number of aliphatic imine (C=N–C) groups is 1. The third-order valence-electron chi connectivity index (χ3n) is 4.93. The molecule has 0 unspecified atom stereocenters. The first kappa shape index (κ1) is 21.1. The van der Waals surface area contributed by atoms with Crippen LogP contribution >= 0.6 is 0 Å². The van der Waals surface area contributed by atoms with Crippen molar-refractivity contribution in [2.45, 2.75) is 58.5 Å². The summed E-state index contributed by atoms with van der Waals surface area (Å²) in [4.78, 5) is 11.6. The minimum absolute atomic E-state index is 0.268. The molecule has 1 aliphatic heterocycles. The van der Waals surface area contributed by atoms with E-state index in [1.165, 1.54) is 0 Å². The normalized spacial score (nSPS) is 15.7. The van der Waals surface area contributed by atoms with Crippen molar-refractivity contribution in [2.75, 3.05) is 26.2 Å². The van der Waals surface area contributed by atoms with Crippen LogP contribution in [-0.2, 0) is 6.42 Å². The summed E-state index contributed by atoms with van der Waals surface area (Å²) in [7, 11) is 0. The maximum atomic E-state index is 6.10. The molecule has 1 aromatic heterocycles. The van der Waals surface area contributed by atoms with Gasteiger partial charge in [0.25, 0.3) is 0 Å². The first-order valence-corrected chi connectivity index (χ1v) is 10.7. The van der Waals surface area contributed by atoms with Crippen LogP contribution in [-0.4, -0.2) is 53.3 Å². The summed E-state index contributed by atoms with van der Waals surface area (Å²) in [5.41, 5.74) is 0. The molecule has 0 bridgehead atoms. The summed E-state index contributed by atoms with van der Waals surface area (Å²) in [5.74, 6) is 3.71. The van der Waals surface area contributed by atoms with Crippen LogP contribution in [0.1, 0.15) is 57.7 Å². The number of nitrogens with zero attached hydrogens (tertiary/aromatic N) is 4. The Morgan fingerprint density at radius 3 is 2.69 bits per heavy atom. The Kier molecular flexibility index (Phi) is 7.90. The second-order valence-electron chi connectivity index (χ2n) is 7.66. The number of hydrogen-bond donors (Lipinski definition) is 1. The van der Waals surface area contributed by atoms with E-state index in [1.54, 1.807) is 0 Å². The molecular formula is C22H33N5O2. The van der Waals surface area contributed by atoms with Crippen LogP contribution in [0.4, 0.5) is 0 Å². The fraction of sp³-hybridized carbons (Fsp3) is 0.591. The summed E-state index contributed by atoms with van der Waals surface area (Å²) in [6, 6.07) is 10.1. The van der Waals surface area contributed by atoms with Crippen molar-refractivity contribution in [3.05, 3.63) is 42.0 Å². The van der Waals surface area contributed by atoms with Crippen LogP contribution in [0.2, 0.25) is 0 Å². The van der Waals surface area contributed by atoms with E-state index in [4.69, 9.17) is 14.3 Å². The smallest absolute Gasteiger partial charge is 0.226 e. The molecule has 1 N–H and O–H groups in total.